The van der Waals surface area contributed by atoms with Gasteiger partial charge < -0.3 is 5.32 Å². The third kappa shape index (κ3) is 3.37. The van der Waals surface area contributed by atoms with E-state index in [0.29, 0.717) is 23.4 Å². The molecule has 0 spiro atoms. The number of anilines is 1. The molecule has 0 radical (unpaired) electrons. The summed E-state index contributed by atoms with van der Waals surface area (Å²) in [5.41, 5.74) is 0.647. The van der Waals surface area contributed by atoms with Gasteiger partial charge in [-0.05, 0) is 30.3 Å². The molecule has 3 aromatic rings. The van der Waals surface area contributed by atoms with Gasteiger partial charge in [-0.1, -0.05) is 6.07 Å². The van der Waals surface area contributed by atoms with Crippen molar-refractivity contribution in [1.82, 2.24) is 15.2 Å². The third-order valence-corrected chi connectivity index (χ3v) is 4.07. The minimum atomic E-state index is -0.124. The number of hydrogen-bond donors (Lipinski definition) is 3. The molecular formula is C15H14N4O2S. The lowest BCUT2D eigenvalue weighted by Gasteiger charge is -2.04. The Kier molecular flexibility index (Phi) is 4.24. The summed E-state index contributed by atoms with van der Waals surface area (Å²) < 4.78 is 0. The van der Waals surface area contributed by atoms with Crippen molar-refractivity contribution in [2.75, 3.05) is 11.1 Å². The summed E-state index contributed by atoms with van der Waals surface area (Å²) in [6.07, 6.45) is 2.03. The molecule has 0 saturated heterocycles. The van der Waals surface area contributed by atoms with Crippen LogP contribution in [-0.2, 0) is 4.79 Å². The predicted octanol–water partition coefficient (Wildman–Crippen LogP) is 2.37. The van der Waals surface area contributed by atoms with E-state index in [-0.39, 0.29) is 11.5 Å². The van der Waals surface area contributed by atoms with Crippen molar-refractivity contribution >= 4 is 34.4 Å². The van der Waals surface area contributed by atoms with Gasteiger partial charge in [0.15, 0.2) is 0 Å². The fourth-order valence-corrected chi connectivity index (χ4v) is 2.90. The Hall–Kier alpha value is -2.54. The number of hydrogen-bond acceptors (Lipinski definition) is 4. The number of aromatic nitrogens is 3. The maximum Gasteiger partial charge on any atom is 0.271 e. The average Bonchev–Trinajstić information content (AvgIpc) is 2.89. The highest BCUT2D eigenvalue weighted by Crippen LogP contribution is 2.21. The number of thioether (sulfide) groups is 1. The molecule has 0 bridgehead atoms. The normalized spacial score (nSPS) is 10.7. The van der Waals surface area contributed by atoms with Crippen LogP contribution in [0, 0.1) is 0 Å². The summed E-state index contributed by atoms with van der Waals surface area (Å²) in [5.74, 6) is 1.14. The van der Waals surface area contributed by atoms with Crippen LogP contribution in [0.3, 0.4) is 0 Å². The van der Waals surface area contributed by atoms with Crippen LogP contribution >= 0.6 is 11.8 Å². The Balaban J connectivity index is 1.53. The van der Waals surface area contributed by atoms with Crippen molar-refractivity contribution < 1.29 is 4.79 Å². The minimum Gasteiger partial charge on any atom is -0.311 e. The smallest absolute Gasteiger partial charge is 0.271 e. The SMILES string of the molecule is O=C(CCSc1ccc2c(=O)[nH][nH]c2c1)Nc1ccccn1. The van der Waals surface area contributed by atoms with Crippen LogP contribution < -0.4 is 10.9 Å². The molecule has 6 nitrogen and oxygen atoms in total. The largest absolute Gasteiger partial charge is 0.311 e. The Labute approximate surface area is 130 Å². The first-order valence-corrected chi connectivity index (χ1v) is 7.75. The summed E-state index contributed by atoms with van der Waals surface area (Å²) in [6.45, 7) is 0. The molecule has 1 aromatic carbocycles. The van der Waals surface area contributed by atoms with Crippen LogP contribution in [0.15, 0.2) is 52.3 Å². The van der Waals surface area contributed by atoms with Gasteiger partial charge in [0, 0.05) is 23.3 Å². The number of benzene rings is 1. The van der Waals surface area contributed by atoms with Gasteiger partial charge in [-0.3, -0.25) is 19.8 Å². The fourth-order valence-electron chi connectivity index (χ4n) is 2.01. The third-order valence-electron chi connectivity index (χ3n) is 3.08. The maximum atomic E-state index is 11.8. The second kappa shape index (κ2) is 6.48. The molecule has 0 fully saturated rings. The highest BCUT2D eigenvalue weighted by molar-refractivity contribution is 7.99. The summed E-state index contributed by atoms with van der Waals surface area (Å²) in [4.78, 5) is 28.3. The maximum absolute atomic E-state index is 11.8. The number of H-pyrrole nitrogens is 2. The lowest BCUT2D eigenvalue weighted by molar-refractivity contribution is -0.115. The van der Waals surface area contributed by atoms with Crippen LogP contribution in [0.4, 0.5) is 5.82 Å². The molecule has 0 saturated carbocycles. The van der Waals surface area contributed by atoms with Crippen molar-refractivity contribution in [1.29, 1.82) is 0 Å². The van der Waals surface area contributed by atoms with Gasteiger partial charge in [-0.2, -0.15) is 0 Å². The topological polar surface area (TPSA) is 90.6 Å². The number of fused-ring (bicyclic) bond motifs is 1. The molecule has 112 valence electrons. The van der Waals surface area contributed by atoms with E-state index in [1.807, 2.05) is 18.2 Å². The van der Waals surface area contributed by atoms with Crippen molar-refractivity contribution in [2.45, 2.75) is 11.3 Å². The Morgan fingerprint density at radius 2 is 2.14 bits per heavy atom. The second-order valence-corrected chi connectivity index (χ2v) is 5.82. The number of nitrogens with zero attached hydrogens (tertiary/aromatic N) is 1. The molecule has 7 heteroatoms. The monoisotopic (exact) mass is 314 g/mol. The Morgan fingerprint density at radius 3 is 2.95 bits per heavy atom. The van der Waals surface area contributed by atoms with E-state index in [2.05, 4.69) is 20.5 Å². The van der Waals surface area contributed by atoms with Crippen molar-refractivity contribution in [3.63, 3.8) is 0 Å². The van der Waals surface area contributed by atoms with E-state index < -0.39 is 0 Å². The van der Waals surface area contributed by atoms with Gasteiger partial charge in [-0.15, -0.1) is 11.8 Å². The lowest BCUT2D eigenvalue weighted by atomic mass is 10.2. The van der Waals surface area contributed by atoms with Crippen LogP contribution in [0.5, 0.6) is 0 Å². The zero-order valence-corrected chi connectivity index (χ0v) is 12.4. The number of aromatic amines is 2. The van der Waals surface area contributed by atoms with Gasteiger partial charge in [0.1, 0.15) is 5.82 Å². The van der Waals surface area contributed by atoms with E-state index in [1.54, 1.807) is 36.2 Å². The zero-order chi connectivity index (χ0) is 15.4. The van der Waals surface area contributed by atoms with Gasteiger partial charge >= 0.3 is 0 Å². The number of nitrogens with one attached hydrogen (secondary N) is 3. The van der Waals surface area contributed by atoms with Gasteiger partial charge in [-0.25, -0.2) is 4.98 Å². The minimum absolute atomic E-state index is 0.0673. The quantitative estimate of drug-likeness (QED) is 0.631. The molecule has 0 aliphatic rings. The number of carbonyl (C=O) groups is 1. The highest BCUT2D eigenvalue weighted by Gasteiger charge is 2.05. The van der Waals surface area contributed by atoms with Gasteiger partial charge in [0.05, 0.1) is 10.9 Å². The molecule has 0 aliphatic carbocycles. The van der Waals surface area contributed by atoms with Crippen molar-refractivity contribution in [2.24, 2.45) is 0 Å². The Bertz CT molecular complexity index is 841. The van der Waals surface area contributed by atoms with E-state index in [0.717, 1.165) is 10.4 Å². The molecule has 0 unspecified atom stereocenters. The molecule has 3 N–H and O–H groups in total. The zero-order valence-electron chi connectivity index (χ0n) is 11.6. The fraction of sp³-hybridized carbons (Fsp3) is 0.133. The van der Waals surface area contributed by atoms with Crippen molar-refractivity contribution in [3.8, 4) is 0 Å². The first-order chi connectivity index (χ1) is 10.7. The molecule has 1 amide bonds. The van der Waals surface area contributed by atoms with Gasteiger partial charge in [0.25, 0.3) is 5.56 Å². The number of amides is 1. The summed E-state index contributed by atoms with van der Waals surface area (Å²) >= 11 is 1.57. The Morgan fingerprint density at radius 1 is 1.23 bits per heavy atom. The van der Waals surface area contributed by atoms with Crippen LogP contribution in [-0.4, -0.2) is 26.8 Å². The van der Waals surface area contributed by atoms with Gasteiger partial charge in [0.2, 0.25) is 5.91 Å². The number of carbonyl (C=O) groups excluding carboxylic acids is 1. The number of rotatable bonds is 5. The van der Waals surface area contributed by atoms with E-state index in [1.165, 1.54) is 0 Å². The lowest BCUT2D eigenvalue weighted by Crippen LogP contribution is -2.12. The van der Waals surface area contributed by atoms with Crippen molar-refractivity contribution in [3.05, 3.63) is 52.9 Å². The average molecular weight is 314 g/mol. The van der Waals surface area contributed by atoms with E-state index in [4.69, 9.17) is 0 Å². The van der Waals surface area contributed by atoms with E-state index >= 15 is 0 Å². The van der Waals surface area contributed by atoms with Crippen LogP contribution in [0.25, 0.3) is 10.9 Å². The molecule has 2 heterocycles. The first kappa shape index (κ1) is 14.4. The summed E-state index contributed by atoms with van der Waals surface area (Å²) in [6, 6.07) is 10.9. The first-order valence-electron chi connectivity index (χ1n) is 6.76. The molecular weight excluding hydrogens is 300 g/mol. The molecule has 2 aromatic heterocycles. The number of pyridine rings is 1. The standard InChI is InChI=1S/C15H14N4O2S/c20-14(17-13-3-1-2-7-16-13)6-8-22-10-4-5-11-12(9-10)18-19-15(11)21/h1-5,7,9H,6,8H2,(H,16,17,20)(H2,18,19,21). The molecule has 0 aliphatic heterocycles. The second-order valence-electron chi connectivity index (χ2n) is 4.65. The molecule has 0 atom stereocenters. The highest BCUT2D eigenvalue weighted by atomic mass is 32.2. The molecule has 3 rings (SSSR count). The molecule has 22 heavy (non-hydrogen) atoms. The summed E-state index contributed by atoms with van der Waals surface area (Å²) in [5, 5.41) is 8.75. The van der Waals surface area contributed by atoms with Crippen LogP contribution in [0.1, 0.15) is 6.42 Å². The van der Waals surface area contributed by atoms with E-state index in [9.17, 15) is 9.59 Å². The summed E-state index contributed by atoms with van der Waals surface area (Å²) in [7, 11) is 0. The van der Waals surface area contributed by atoms with Crippen LogP contribution in [0.2, 0.25) is 0 Å². The predicted molar refractivity (Wildman–Crippen MR) is 87.1 cm³/mol.